The Morgan fingerprint density at radius 1 is 1.15 bits per heavy atom. The first-order chi connectivity index (χ1) is 9.38. The summed E-state index contributed by atoms with van der Waals surface area (Å²) in [6.07, 6.45) is 0. The van der Waals surface area contributed by atoms with Gasteiger partial charge in [-0.3, -0.25) is 4.79 Å². The first kappa shape index (κ1) is 14.1. The van der Waals surface area contributed by atoms with Crippen molar-refractivity contribution in [3.05, 3.63) is 58.4 Å². The van der Waals surface area contributed by atoms with Crippen molar-refractivity contribution < 1.29 is 9.18 Å². The van der Waals surface area contributed by atoms with Crippen molar-refractivity contribution in [2.24, 2.45) is 0 Å². The Bertz CT molecular complexity index is 660. The van der Waals surface area contributed by atoms with Gasteiger partial charge in [0.1, 0.15) is 5.82 Å². The molecule has 0 heterocycles. The second-order valence-electron chi connectivity index (χ2n) is 4.94. The van der Waals surface area contributed by atoms with Gasteiger partial charge in [-0.25, -0.2) is 4.39 Å². The van der Waals surface area contributed by atoms with Gasteiger partial charge in [0.25, 0.3) is 5.91 Å². The number of hydrogen-bond acceptors (Lipinski definition) is 2. The van der Waals surface area contributed by atoms with E-state index in [-0.39, 0.29) is 11.5 Å². The first-order valence-electron chi connectivity index (χ1n) is 6.32. The van der Waals surface area contributed by atoms with Crippen LogP contribution in [0.25, 0.3) is 0 Å². The molecule has 3 nitrogen and oxygen atoms in total. The molecule has 0 unspecified atom stereocenters. The number of carbonyl (C=O) groups is 1. The van der Waals surface area contributed by atoms with E-state index in [2.05, 4.69) is 5.32 Å². The fourth-order valence-electron chi connectivity index (χ4n) is 2.06. The molecule has 3 N–H and O–H groups in total. The van der Waals surface area contributed by atoms with Crippen molar-refractivity contribution in [2.75, 3.05) is 11.1 Å². The van der Waals surface area contributed by atoms with Gasteiger partial charge in [-0.2, -0.15) is 0 Å². The van der Waals surface area contributed by atoms with E-state index >= 15 is 0 Å². The summed E-state index contributed by atoms with van der Waals surface area (Å²) in [5.74, 6) is -0.794. The van der Waals surface area contributed by atoms with Gasteiger partial charge in [0.05, 0.1) is 11.4 Å². The molecule has 0 bridgehead atoms. The molecule has 104 valence electrons. The fourth-order valence-corrected chi connectivity index (χ4v) is 2.06. The Labute approximate surface area is 117 Å². The smallest absolute Gasteiger partial charge is 0.255 e. The van der Waals surface area contributed by atoms with E-state index in [0.717, 1.165) is 11.1 Å². The van der Waals surface area contributed by atoms with E-state index < -0.39 is 5.82 Å². The summed E-state index contributed by atoms with van der Waals surface area (Å²) in [4.78, 5) is 12.2. The molecule has 0 aliphatic carbocycles. The Hall–Kier alpha value is -2.36. The number of hydrogen-bond donors (Lipinski definition) is 2. The normalized spacial score (nSPS) is 10.4. The van der Waals surface area contributed by atoms with Crippen LogP contribution in [0.2, 0.25) is 0 Å². The lowest BCUT2D eigenvalue weighted by Crippen LogP contribution is -2.15. The summed E-state index contributed by atoms with van der Waals surface area (Å²) in [5.41, 5.74) is 9.88. The van der Waals surface area contributed by atoms with Crippen LogP contribution in [0, 0.1) is 26.6 Å². The summed E-state index contributed by atoms with van der Waals surface area (Å²) in [6.45, 7) is 5.57. The number of halogens is 1. The number of nitrogen functional groups attached to an aromatic ring is 1. The number of amides is 1. The lowest BCUT2D eigenvalue weighted by molar-refractivity contribution is 0.102. The summed E-state index contributed by atoms with van der Waals surface area (Å²) >= 11 is 0. The molecular weight excluding hydrogens is 255 g/mol. The number of nitrogens with one attached hydrogen (secondary N) is 1. The van der Waals surface area contributed by atoms with E-state index in [9.17, 15) is 9.18 Å². The fraction of sp³-hybridized carbons (Fsp3) is 0.188. The van der Waals surface area contributed by atoms with E-state index in [0.29, 0.717) is 16.9 Å². The maximum absolute atomic E-state index is 13.3. The summed E-state index contributed by atoms with van der Waals surface area (Å²) < 4.78 is 13.3. The standard InChI is InChI=1S/C16H17FN2O/c1-9-6-12(8-13(17)7-9)16(20)19-15-11(3)10(2)4-5-14(15)18/h4-8H,18H2,1-3H3,(H,19,20). The third-order valence-corrected chi connectivity index (χ3v) is 3.31. The molecule has 0 spiro atoms. The van der Waals surface area contributed by atoms with E-state index in [1.807, 2.05) is 19.9 Å². The number of nitrogens with two attached hydrogens (primary N) is 1. The van der Waals surface area contributed by atoms with Crippen molar-refractivity contribution in [3.8, 4) is 0 Å². The second-order valence-corrected chi connectivity index (χ2v) is 4.94. The largest absolute Gasteiger partial charge is 0.397 e. The second kappa shape index (κ2) is 5.33. The van der Waals surface area contributed by atoms with Crippen LogP contribution in [-0.4, -0.2) is 5.91 Å². The van der Waals surface area contributed by atoms with Gasteiger partial charge >= 0.3 is 0 Å². The molecule has 0 aromatic heterocycles. The SMILES string of the molecule is Cc1cc(F)cc(C(=O)Nc2c(N)ccc(C)c2C)c1. The molecule has 0 fully saturated rings. The van der Waals surface area contributed by atoms with Gasteiger partial charge in [-0.15, -0.1) is 0 Å². The summed E-state index contributed by atoms with van der Waals surface area (Å²) in [6, 6.07) is 7.87. The van der Waals surface area contributed by atoms with Gasteiger partial charge in [0.15, 0.2) is 0 Å². The average molecular weight is 272 g/mol. The molecule has 2 rings (SSSR count). The van der Waals surface area contributed by atoms with Crippen molar-refractivity contribution in [2.45, 2.75) is 20.8 Å². The van der Waals surface area contributed by atoms with Crippen LogP contribution in [0.4, 0.5) is 15.8 Å². The molecule has 4 heteroatoms. The van der Waals surface area contributed by atoms with Gasteiger partial charge in [-0.05, 0) is 61.7 Å². The lowest BCUT2D eigenvalue weighted by atomic mass is 10.1. The van der Waals surface area contributed by atoms with Crippen LogP contribution in [0.15, 0.2) is 30.3 Å². The van der Waals surface area contributed by atoms with Crippen LogP contribution < -0.4 is 11.1 Å². The first-order valence-corrected chi connectivity index (χ1v) is 6.32. The number of aryl methyl sites for hydroxylation is 2. The number of anilines is 2. The number of benzene rings is 2. The molecule has 0 aliphatic heterocycles. The molecule has 2 aromatic carbocycles. The molecule has 20 heavy (non-hydrogen) atoms. The zero-order chi connectivity index (χ0) is 14.9. The van der Waals surface area contributed by atoms with Crippen LogP contribution in [0.5, 0.6) is 0 Å². The molecule has 0 radical (unpaired) electrons. The van der Waals surface area contributed by atoms with Gasteiger partial charge in [0.2, 0.25) is 0 Å². The highest BCUT2D eigenvalue weighted by Crippen LogP contribution is 2.26. The molecule has 2 aromatic rings. The monoisotopic (exact) mass is 272 g/mol. The third-order valence-electron chi connectivity index (χ3n) is 3.31. The van der Waals surface area contributed by atoms with Gasteiger partial charge in [0, 0.05) is 5.56 Å². The van der Waals surface area contributed by atoms with Crippen LogP contribution in [0.1, 0.15) is 27.0 Å². The molecule has 0 aliphatic rings. The zero-order valence-corrected chi connectivity index (χ0v) is 11.8. The van der Waals surface area contributed by atoms with Crippen LogP contribution in [0.3, 0.4) is 0 Å². The minimum Gasteiger partial charge on any atom is -0.397 e. The highest BCUT2D eigenvalue weighted by Gasteiger charge is 2.12. The quantitative estimate of drug-likeness (QED) is 0.821. The van der Waals surface area contributed by atoms with Crippen molar-refractivity contribution in [3.63, 3.8) is 0 Å². The Morgan fingerprint density at radius 2 is 1.85 bits per heavy atom. The van der Waals surface area contributed by atoms with Crippen molar-refractivity contribution >= 4 is 17.3 Å². The maximum atomic E-state index is 13.3. The molecular formula is C16H17FN2O. The number of rotatable bonds is 2. The Kier molecular flexibility index (Phi) is 3.74. The molecule has 1 amide bonds. The highest BCUT2D eigenvalue weighted by atomic mass is 19.1. The summed E-state index contributed by atoms with van der Waals surface area (Å²) in [7, 11) is 0. The predicted octanol–water partition coefficient (Wildman–Crippen LogP) is 3.59. The topological polar surface area (TPSA) is 55.1 Å². The van der Waals surface area contributed by atoms with E-state index in [1.165, 1.54) is 12.1 Å². The van der Waals surface area contributed by atoms with E-state index in [4.69, 9.17) is 5.73 Å². The van der Waals surface area contributed by atoms with Crippen molar-refractivity contribution in [1.29, 1.82) is 0 Å². The Balaban J connectivity index is 2.35. The van der Waals surface area contributed by atoms with Gasteiger partial charge < -0.3 is 11.1 Å². The predicted molar refractivity (Wildman–Crippen MR) is 79.4 cm³/mol. The molecule has 0 saturated carbocycles. The van der Waals surface area contributed by atoms with Gasteiger partial charge in [-0.1, -0.05) is 6.07 Å². The zero-order valence-electron chi connectivity index (χ0n) is 11.8. The molecule has 0 saturated heterocycles. The minimum absolute atomic E-state index is 0.280. The van der Waals surface area contributed by atoms with Crippen LogP contribution in [-0.2, 0) is 0 Å². The van der Waals surface area contributed by atoms with Crippen molar-refractivity contribution in [1.82, 2.24) is 0 Å². The number of carbonyl (C=O) groups excluding carboxylic acids is 1. The third kappa shape index (κ3) is 2.79. The lowest BCUT2D eigenvalue weighted by Gasteiger charge is -2.13. The highest BCUT2D eigenvalue weighted by molar-refractivity contribution is 6.06. The molecule has 0 atom stereocenters. The summed E-state index contributed by atoms with van der Waals surface area (Å²) in [5, 5.41) is 2.76. The minimum atomic E-state index is -0.427. The van der Waals surface area contributed by atoms with Crippen LogP contribution >= 0.6 is 0 Å². The Morgan fingerprint density at radius 3 is 2.50 bits per heavy atom. The van der Waals surface area contributed by atoms with E-state index in [1.54, 1.807) is 19.1 Å². The average Bonchev–Trinajstić information content (AvgIpc) is 2.38. The maximum Gasteiger partial charge on any atom is 0.255 e.